The van der Waals surface area contributed by atoms with Crippen molar-refractivity contribution in [2.45, 2.75) is 50.9 Å². The molecule has 0 unspecified atom stereocenters. The molecule has 2 aliphatic heterocycles. The van der Waals surface area contributed by atoms with Crippen molar-refractivity contribution in [2.75, 3.05) is 25.0 Å². The van der Waals surface area contributed by atoms with E-state index in [1.165, 1.54) is 24.4 Å². The van der Waals surface area contributed by atoms with Crippen LogP contribution in [-0.2, 0) is 13.0 Å². The lowest BCUT2D eigenvalue weighted by Gasteiger charge is -2.30. The summed E-state index contributed by atoms with van der Waals surface area (Å²) in [7, 11) is 0. The number of hydrogen-bond acceptors (Lipinski definition) is 8. The van der Waals surface area contributed by atoms with Gasteiger partial charge in [0.1, 0.15) is 41.4 Å². The maximum Gasteiger partial charge on any atom is 0.319 e. The summed E-state index contributed by atoms with van der Waals surface area (Å²) in [6.07, 6.45) is 4.64. The van der Waals surface area contributed by atoms with Gasteiger partial charge in [-0.2, -0.15) is 9.97 Å². The molecule has 6 aromatic rings. The topological polar surface area (TPSA) is 112 Å². The summed E-state index contributed by atoms with van der Waals surface area (Å²) in [4.78, 5) is 23.1. The molecule has 9 nitrogen and oxygen atoms in total. The van der Waals surface area contributed by atoms with Crippen LogP contribution in [-0.4, -0.2) is 66.3 Å². The summed E-state index contributed by atoms with van der Waals surface area (Å²) in [6.45, 7) is 3.51. The van der Waals surface area contributed by atoms with Crippen LogP contribution in [0, 0.1) is 11.6 Å². The number of alkyl halides is 1. The average Bonchev–Trinajstić information content (AvgIpc) is 3.77. The normalized spacial score (nSPS) is 19.6. The lowest BCUT2D eigenvalue weighted by molar-refractivity contribution is 0.107. The molecule has 0 spiro atoms. The lowest BCUT2D eigenvalue weighted by Crippen LogP contribution is -2.43. The van der Waals surface area contributed by atoms with Gasteiger partial charge < -0.3 is 20.1 Å². The van der Waals surface area contributed by atoms with Crippen LogP contribution in [0.1, 0.15) is 37.3 Å². The third-order valence-electron chi connectivity index (χ3n) is 9.60. The Morgan fingerprint density at radius 3 is 2.89 bits per heavy atom. The molecule has 0 bridgehead atoms. The highest BCUT2D eigenvalue weighted by Crippen LogP contribution is 2.41. The molecule has 5 heterocycles. The summed E-state index contributed by atoms with van der Waals surface area (Å²) < 4.78 is 52.3. The van der Waals surface area contributed by atoms with Crippen LogP contribution in [0.4, 0.5) is 19.0 Å². The minimum absolute atomic E-state index is 0.0481. The summed E-state index contributed by atoms with van der Waals surface area (Å²) in [5.41, 5.74) is 2.70. The van der Waals surface area contributed by atoms with Crippen LogP contribution < -0.4 is 10.1 Å². The Morgan fingerprint density at radius 1 is 1.13 bits per heavy atom. The second-order valence-corrected chi connectivity index (χ2v) is 12.5. The van der Waals surface area contributed by atoms with Crippen molar-refractivity contribution in [1.82, 2.24) is 29.8 Å². The quantitative estimate of drug-likeness (QED) is 0.166. The molecule has 240 valence electrons. The first-order valence-corrected chi connectivity index (χ1v) is 15.8. The average molecular weight is 640 g/mol. The number of aromatic amines is 1. The number of anilines is 1. The van der Waals surface area contributed by atoms with Gasteiger partial charge in [-0.15, -0.1) is 0 Å². The number of rotatable bonds is 8. The van der Waals surface area contributed by atoms with E-state index in [4.69, 9.17) is 4.74 Å². The smallest absolute Gasteiger partial charge is 0.319 e. The number of aromatic nitrogens is 5. The van der Waals surface area contributed by atoms with Gasteiger partial charge in [-0.1, -0.05) is 19.1 Å². The van der Waals surface area contributed by atoms with Crippen molar-refractivity contribution >= 4 is 38.5 Å². The molecule has 2 fully saturated rings. The molecule has 3 aromatic heterocycles. The number of aryl methyl sites for hydroxylation is 1. The Bertz CT molecular complexity index is 2170. The van der Waals surface area contributed by atoms with Gasteiger partial charge in [-0.3, -0.25) is 9.88 Å². The monoisotopic (exact) mass is 639 g/mol. The first-order valence-electron chi connectivity index (χ1n) is 15.8. The van der Waals surface area contributed by atoms with Crippen molar-refractivity contribution in [3.8, 4) is 23.0 Å². The van der Waals surface area contributed by atoms with E-state index < -0.39 is 23.3 Å². The first-order chi connectivity index (χ1) is 22.8. The standard InChI is InChI=1S/C35H32F3N7O2/c1-2-23-26(37)6-5-20-11-22(46)12-24(29(20)23)31-30(38)32-25(15-39-31)33(40-14-19-4-7-27-28(10-19)42-18-41-27)44-34(43-32)47-17-35-8-3-9-45(35)16-21(36)13-35/h4-7,10-12,15,18,21,46H,2-3,8-9,13-14,16-17H2,1H3,(H,41,42)(H,40,43,44)/t21-,35+/m1/s1. The number of phenols is 1. The second-order valence-electron chi connectivity index (χ2n) is 12.5. The van der Waals surface area contributed by atoms with Gasteiger partial charge in [0.25, 0.3) is 0 Å². The number of fused-ring (bicyclic) bond motifs is 4. The van der Waals surface area contributed by atoms with E-state index >= 15 is 4.39 Å². The van der Waals surface area contributed by atoms with E-state index in [1.54, 1.807) is 12.4 Å². The predicted octanol–water partition coefficient (Wildman–Crippen LogP) is 6.83. The number of aromatic hydroxyl groups is 1. The minimum Gasteiger partial charge on any atom is -0.508 e. The first kappa shape index (κ1) is 29.4. The SMILES string of the molecule is CCc1c(F)ccc2cc(O)cc(-c3ncc4c(NCc5ccc6nc[nH]c6c5)nc(OC[C@@]56CCCN5C[C@H](F)C6)nc4c3F)c12. The van der Waals surface area contributed by atoms with E-state index in [1.807, 2.05) is 25.1 Å². The molecule has 3 N–H and O–H groups in total. The molecule has 2 aliphatic rings. The maximum absolute atomic E-state index is 16.7. The highest BCUT2D eigenvalue weighted by molar-refractivity contribution is 6.01. The highest BCUT2D eigenvalue weighted by atomic mass is 19.1. The number of phenolic OH excluding ortho intramolecular Hbond substituents is 1. The molecular formula is C35H32F3N7O2. The number of halogens is 3. The van der Waals surface area contributed by atoms with Crippen LogP contribution in [0.25, 0.3) is 44.0 Å². The number of nitrogens with zero attached hydrogens (tertiary/aromatic N) is 5. The van der Waals surface area contributed by atoms with Gasteiger partial charge in [0.05, 0.1) is 28.3 Å². The Hall–Kier alpha value is -4.97. The van der Waals surface area contributed by atoms with E-state index in [-0.39, 0.29) is 35.1 Å². The Morgan fingerprint density at radius 2 is 2.02 bits per heavy atom. The molecule has 0 aliphatic carbocycles. The van der Waals surface area contributed by atoms with Crippen LogP contribution in [0.5, 0.6) is 11.8 Å². The fraction of sp³-hybridized carbons (Fsp3) is 0.314. The second kappa shape index (κ2) is 11.4. The van der Waals surface area contributed by atoms with Crippen LogP contribution in [0.2, 0.25) is 0 Å². The molecule has 3 aromatic carbocycles. The summed E-state index contributed by atoms with van der Waals surface area (Å²) in [6, 6.07) is 11.6. The molecular weight excluding hydrogens is 607 g/mol. The van der Waals surface area contributed by atoms with Crippen LogP contribution in [0.15, 0.2) is 55.0 Å². The van der Waals surface area contributed by atoms with Crippen molar-refractivity contribution in [3.05, 3.63) is 77.8 Å². The van der Waals surface area contributed by atoms with Gasteiger partial charge >= 0.3 is 6.01 Å². The van der Waals surface area contributed by atoms with Crippen LogP contribution in [0.3, 0.4) is 0 Å². The van der Waals surface area contributed by atoms with E-state index in [2.05, 4.69) is 35.1 Å². The molecule has 0 radical (unpaired) electrons. The van der Waals surface area contributed by atoms with Gasteiger partial charge in [0.2, 0.25) is 0 Å². The van der Waals surface area contributed by atoms with Crippen molar-refractivity contribution in [3.63, 3.8) is 0 Å². The Kier molecular flexibility index (Phi) is 7.12. The zero-order valence-corrected chi connectivity index (χ0v) is 25.7. The minimum atomic E-state index is -0.929. The van der Waals surface area contributed by atoms with Crippen molar-refractivity contribution in [1.29, 1.82) is 0 Å². The third kappa shape index (κ3) is 5.07. The van der Waals surface area contributed by atoms with Crippen molar-refractivity contribution < 1.29 is 23.0 Å². The van der Waals surface area contributed by atoms with Crippen LogP contribution >= 0.6 is 0 Å². The van der Waals surface area contributed by atoms with E-state index in [9.17, 15) is 13.9 Å². The molecule has 0 amide bonds. The Balaban J connectivity index is 1.23. The number of H-pyrrole nitrogens is 1. The lowest BCUT2D eigenvalue weighted by atomic mass is 9.94. The number of nitrogens with one attached hydrogen (secondary N) is 2. The molecule has 47 heavy (non-hydrogen) atoms. The Labute approximate surface area is 267 Å². The highest BCUT2D eigenvalue weighted by Gasteiger charge is 2.49. The number of ether oxygens (including phenoxy) is 1. The van der Waals surface area contributed by atoms with Gasteiger partial charge in [0.15, 0.2) is 5.82 Å². The maximum atomic E-state index is 16.7. The van der Waals surface area contributed by atoms with Gasteiger partial charge in [-0.05, 0) is 78.0 Å². The molecule has 2 atom stereocenters. The molecule has 8 rings (SSSR count). The van der Waals surface area contributed by atoms with Gasteiger partial charge in [0, 0.05) is 31.3 Å². The molecule has 12 heteroatoms. The number of benzene rings is 3. The zero-order chi connectivity index (χ0) is 32.3. The number of imidazole rings is 1. The van der Waals surface area contributed by atoms with Gasteiger partial charge in [-0.25, -0.2) is 18.2 Å². The number of pyridine rings is 1. The summed E-state index contributed by atoms with van der Waals surface area (Å²) in [5, 5.41) is 15.2. The zero-order valence-electron chi connectivity index (χ0n) is 25.7. The fourth-order valence-corrected chi connectivity index (χ4v) is 7.38. The third-order valence-corrected chi connectivity index (χ3v) is 9.60. The molecule has 2 saturated heterocycles. The number of hydrogen-bond donors (Lipinski definition) is 3. The van der Waals surface area contributed by atoms with E-state index in [0.29, 0.717) is 53.5 Å². The summed E-state index contributed by atoms with van der Waals surface area (Å²) >= 11 is 0. The van der Waals surface area contributed by atoms with Crippen molar-refractivity contribution in [2.24, 2.45) is 0 Å². The summed E-state index contributed by atoms with van der Waals surface area (Å²) in [5.74, 6) is -0.980. The molecule has 0 saturated carbocycles. The van der Waals surface area contributed by atoms with E-state index in [0.717, 1.165) is 36.0 Å². The fourth-order valence-electron chi connectivity index (χ4n) is 7.38. The predicted molar refractivity (Wildman–Crippen MR) is 173 cm³/mol. The largest absolute Gasteiger partial charge is 0.508 e.